The molecule has 2 aromatic rings. The molecular formula is C20H22N2O2S. The standard InChI is InChI=1S/C20H22N2O2S/c1-16-8-10-19(11-9-16)25(23,24)22-13-12-20(15-21,17(2)14-22)18-6-4-3-5-7-18/h3-11,17H,12-14H2,1-2H3. The van der Waals surface area contributed by atoms with Crippen molar-refractivity contribution in [2.45, 2.75) is 30.6 Å². The number of nitriles is 1. The minimum absolute atomic E-state index is 0.0890. The van der Waals surface area contributed by atoms with Gasteiger partial charge in [-0.25, -0.2) is 8.42 Å². The van der Waals surface area contributed by atoms with Crippen LogP contribution in [0.3, 0.4) is 0 Å². The van der Waals surface area contributed by atoms with Crippen LogP contribution in [0.25, 0.3) is 0 Å². The number of rotatable bonds is 3. The Morgan fingerprint density at radius 1 is 1.12 bits per heavy atom. The van der Waals surface area contributed by atoms with Crippen LogP contribution < -0.4 is 0 Å². The van der Waals surface area contributed by atoms with E-state index in [1.807, 2.05) is 56.3 Å². The van der Waals surface area contributed by atoms with Crippen LogP contribution in [0.2, 0.25) is 0 Å². The summed E-state index contributed by atoms with van der Waals surface area (Å²) in [5.74, 6) is -0.0890. The van der Waals surface area contributed by atoms with Crippen molar-refractivity contribution < 1.29 is 8.42 Å². The first-order chi connectivity index (χ1) is 11.9. The molecule has 0 aromatic heterocycles. The monoisotopic (exact) mass is 354 g/mol. The molecular weight excluding hydrogens is 332 g/mol. The minimum Gasteiger partial charge on any atom is -0.207 e. The van der Waals surface area contributed by atoms with Gasteiger partial charge in [0, 0.05) is 13.1 Å². The van der Waals surface area contributed by atoms with Gasteiger partial charge in [0.05, 0.1) is 16.4 Å². The minimum atomic E-state index is -3.53. The highest BCUT2D eigenvalue weighted by Crippen LogP contribution is 2.40. The van der Waals surface area contributed by atoms with Crippen LogP contribution >= 0.6 is 0 Å². The average molecular weight is 354 g/mol. The molecule has 5 heteroatoms. The van der Waals surface area contributed by atoms with E-state index in [-0.39, 0.29) is 5.92 Å². The number of nitrogens with zero attached hydrogens (tertiary/aromatic N) is 2. The van der Waals surface area contributed by atoms with Gasteiger partial charge in [-0.1, -0.05) is 55.0 Å². The first kappa shape index (κ1) is 17.7. The van der Waals surface area contributed by atoms with Crippen molar-refractivity contribution in [1.82, 2.24) is 4.31 Å². The van der Waals surface area contributed by atoms with E-state index >= 15 is 0 Å². The maximum Gasteiger partial charge on any atom is 0.243 e. The summed E-state index contributed by atoms with van der Waals surface area (Å²) in [6.45, 7) is 4.59. The largest absolute Gasteiger partial charge is 0.243 e. The molecule has 1 aliphatic rings. The molecule has 1 aliphatic heterocycles. The second-order valence-corrected chi connectivity index (χ2v) is 8.71. The number of hydrogen-bond acceptors (Lipinski definition) is 3. The third kappa shape index (κ3) is 3.08. The van der Waals surface area contributed by atoms with E-state index in [4.69, 9.17) is 0 Å². The lowest BCUT2D eigenvalue weighted by atomic mass is 9.68. The van der Waals surface area contributed by atoms with E-state index < -0.39 is 15.4 Å². The fraction of sp³-hybridized carbons (Fsp3) is 0.350. The lowest BCUT2D eigenvalue weighted by Gasteiger charge is -2.42. The van der Waals surface area contributed by atoms with E-state index in [9.17, 15) is 13.7 Å². The van der Waals surface area contributed by atoms with Gasteiger partial charge in [0.25, 0.3) is 0 Å². The van der Waals surface area contributed by atoms with E-state index in [0.717, 1.165) is 11.1 Å². The van der Waals surface area contributed by atoms with Crippen LogP contribution in [0.1, 0.15) is 24.5 Å². The summed E-state index contributed by atoms with van der Waals surface area (Å²) in [6, 6.07) is 19.1. The van der Waals surface area contributed by atoms with Gasteiger partial charge in [0.2, 0.25) is 10.0 Å². The topological polar surface area (TPSA) is 61.2 Å². The molecule has 0 spiro atoms. The summed E-state index contributed by atoms with van der Waals surface area (Å²) in [5.41, 5.74) is 1.36. The lowest BCUT2D eigenvalue weighted by Crippen LogP contribution is -2.50. The van der Waals surface area contributed by atoms with Crippen molar-refractivity contribution in [3.05, 3.63) is 65.7 Å². The molecule has 0 amide bonds. The van der Waals surface area contributed by atoms with Crippen LogP contribution in [0, 0.1) is 24.2 Å². The van der Waals surface area contributed by atoms with Crippen LogP contribution in [0.5, 0.6) is 0 Å². The Kier molecular flexibility index (Phi) is 4.68. The highest BCUT2D eigenvalue weighted by Gasteiger charge is 2.45. The van der Waals surface area contributed by atoms with Gasteiger partial charge < -0.3 is 0 Å². The Morgan fingerprint density at radius 2 is 1.76 bits per heavy atom. The third-order valence-corrected chi connectivity index (χ3v) is 7.10. The fourth-order valence-electron chi connectivity index (χ4n) is 3.57. The third-order valence-electron chi connectivity index (χ3n) is 5.22. The maximum absolute atomic E-state index is 12.9. The first-order valence-corrected chi connectivity index (χ1v) is 9.88. The van der Waals surface area contributed by atoms with Gasteiger partial charge in [-0.3, -0.25) is 0 Å². The SMILES string of the molecule is Cc1ccc(S(=O)(=O)N2CCC(C#N)(c3ccccc3)C(C)C2)cc1. The zero-order valence-electron chi connectivity index (χ0n) is 14.5. The van der Waals surface area contributed by atoms with Crippen molar-refractivity contribution in [2.75, 3.05) is 13.1 Å². The van der Waals surface area contributed by atoms with Crippen molar-refractivity contribution in [1.29, 1.82) is 5.26 Å². The second kappa shape index (κ2) is 6.62. The van der Waals surface area contributed by atoms with Gasteiger partial charge >= 0.3 is 0 Å². The zero-order chi connectivity index (χ0) is 18.1. The Balaban J connectivity index is 1.89. The molecule has 1 saturated heterocycles. The molecule has 130 valence electrons. The van der Waals surface area contributed by atoms with Gasteiger partial charge in [-0.2, -0.15) is 9.57 Å². The molecule has 1 heterocycles. The smallest absolute Gasteiger partial charge is 0.207 e. The number of sulfonamides is 1. The predicted molar refractivity (Wildman–Crippen MR) is 97.5 cm³/mol. The fourth-order valence-corrected chi connectivity index (χ4v) is 5.10. The summed E-state index contributed by atoms with van der Waals surface area (Å²) in [5, 5.41) is 9.88. The lowest BCUT2D eigenvalue weighted by molar-refractivity contribution is 0.201. The summed E-state index contributed by atoms with van der Waals surface area (Å²) in [4.78, 5) is 0.314. The van der Waals surface area contributed by atoms with E-state index in [2.05, 4.69) is 6.07 Å². The normalized spacial score (nSPS) is 24.6. The van der Waals surface area contributed by atoms with Gasteiger partial charge in [0.1, 0.15) is 0 Å². The van der Waals surface area contributed by atoms with Crippen molar-refractivity contribution >= 4 is 10.0 Å². The zero-order valence-corrected chi connectivity index (χ0v) is 15.3. The van der Waals surface area contributed by atoms with Crippen LogP contribution in [0.4, 0.5) is 0 Å². The summed E-state index contributed by atoms with van der Waals surface area (Å²) < 4.78 is 27.4. The van der Waals surface area contributed by atoms with Gasteiger partial charge in [-0.15, -0.1) is 0 Å². The Labute approximate surface area is 149 Å². The number of aryl methyl sites for hydroxylation is 1. The quantitative estimate of drug-likeness (QED) is 0.848. The molecule has 0 radical (unpaired) electrons. The highest BCUT2D eigenvalue weighted by atomic mass is 32.2. The molecule has 0 saturated carbocycles. The van der Waals surface area contributed by atoms with Crippen molar-refractivity contribution in [3.63, 3.8) is 0 Å². The van der Waals surface area contributed by atoms with Crippen LogP contribution in [-0.4, -0.2) is 25.8 Å². The summed E-state index contributed by atoms with van der Waals surface area (Å²) in [7, 11) is -3.53. The van der Waals surface area contributed by atoms with Gasteiger partial charge in [0.15, 0.2) is 0 Å². The van der Waals surface area contributed by atoms with Crippen LogP contribution in [-0.2, 0) is 15.4 Å². The number of hydrogen-bond donors (Lipinski definition) is 0. The predicted octanol–water partition coefficient (Wildman–Crippen LogP) is 3.49. The second-order valence-electron chi connectivity index (χ2n) is 6.78. The Morgan fingerprint density at radius 3 is 2.32 bits per heavy atom. The summed E-state index contributed by atoms with van der Waals surface area (Å²) in [6.07, 6.45) is 0.500. The Bertz CT molecular complexity index is 886. The molecule has 1 fully saturated rings. The van der Waals surface area contributed by atoms with E-state index in [0.29, 0.717) is 24.4 Å². The molecule has 4 nitrogen and oxygen atoms in total. The highest BCUT2D eigenvalue weighted by molar-refractivity contribution is 7.89. The molecule has 2 atom stereocenters. The average Bonchev–Trinajstić information content (AvgIpc) is 2.63. The Hall–Kier alpha value is -2.16. The number of piperidine rings is 1. The number of benzene rings is 2. The summed E-state index contributed by atoms with van der Waals surface area (Å²) >= 11 is 0. The van der Waals surface area contributed by atoms with E-state index in [1.165, 1.54) is 4.31 Å². The molecule has 0 bridgehead atoms. The molecule has 0 aliphatic carbocycles. The molecule has 0 N–H and O–H groups in total. The van der Waals surface area contributed by atoms with Crippen molar-refractivity contribution in [3.8, 4) is 6.07 Å². The van der Waals surface area contributed by atoms with Gasteiger partial charge in [-0.05, 0) is 37.0 Å². The van der Waals surface area contributed by atoms with Crippen LogP contribution in [0.15, 0.2) is 59.5 Å². The molecule has 2 aromatic carbocycles. The maximum atomic E-state index is 12.9. The first-order valence-electron chi connectivity index (χ1n) is 8.44. The molecule has 25 heavy (non-hydrogen) atoms. The molecule has 2 unspecified atom stereocenters. The molecule has 3 rings (SSSR count). The van der Waals surface area contributed by atoms with Crippen molar-refractivity contribution in [2.24, 2.45) is 5.92 Å². The van der Waals surface area contributed by atoms with E-state index in [1.54, 1.807) is 12.1 Å².